The first kappa shape index (κ1) is 17.3. The Bertz CT molecular complexity index is 595. The van der Waals surface area contributed by atoms with E-state index in [0.717, 1.165) is 25.7 Å². The predicted molar refractivity (Wildman–Crippen MR) is 101 cm³/mol. The van der Waals surface area contributed by atoms with Crippen LogP contribution >= 0.6 is 35.1 Å². The number of hydrogen-bond donors (Lipinski definition) is 1. The van der Waals surface area contributed by atoms with Crippen molar-refractivity contribution in [3.63, 3.8) is 0 Å². The second-order valence-corrected chi connectivity index (χ2v) is 7.89. The maximum absolute atomic E-state index is 4.82. The number of thiazole rings is 1. The van der Waals surface area contributed by atoms with Crippen LogP contribution in [0, 0.1) is 0 Å². The fourth-order valence-corrected chi connectivity index (χ4v) is 5.05. The Kier molecular flexibility index (Phi) is 6.07. The van der Waals surface area contributed by atoms with Gasteiger partial charge in [0.15, 0.2) is 0 Å². The molecule has 2 aromatic rings. The third-order valence-corrected chi connectivity index (χ3v) is 6.51. The first-order valence-corrected chi connectivity index (χ1v) is 9.80. The number of halogens is 1. The van der Waals surface area contributed by atoms with E-state index in [0.29, 0.717) is 0 Å². The lowest BCUT2D eigenvalue weighted by Crippen LogP contribution is -2.49. The number of hydrogen-bond acceptors (Lipinski definition) is 6. The van der Waals surface area contributed by atoms with Crippen LogP contribution in [0.1, 0.15) is 12.1 Å². The Labute approximate surface area is 151 Å². The quantitative estimate of drug-likeness (QED) is 0.896. The lowest BCUT2D eigenvalue weighted by Gasteiger charge is -2.32. The molecule has 0 aliphatic carbocycles. The van der Waals surface area contributed by atoms with Gasteiger partial charge in [0, 0.05) is 57.2 Å². The van der Waals surface area contributed by atoms with Gasteiger partial charge in [-0.25, -0.2) is 4.98 Å². The van der Waals surface area contributed by atoms with Crippen LogP contribution in [0.5, 0.6) is 0 Å². The fraction of sp³-hybridized carbons (Fsp3) is 0.562. The lowest BCUT2D eigenvalue weighted by atomic mass is 10.2. The molecule has 4 nitrogen and oxygen atoms in total. The summed E-state index contributed by atoms with van der Waals surface area (Å²) in [5.74, 6) is 0. The molecule has 0 radical (unpaired) electrons. The van der Waals surface area contributed by atoms with Gasteiger partial charge in [-0.3, -0.25) is 9.80 Å². The number of likely N-dealkylation sites (tertiary alicyclic amines) is 1. The van der Waals surface area contributed by atoms with E-state index in [1.165, 1.54) is 48.2 Å². The second-order valence-electron chi connectivity index (χ2n) is 6.08. The Balaban J connectivity index is 0.00000156. The molecule has 0 spiro atoms. The van der Waals surface area contributed by atoms with E-state index in [2.05, 4.69) is 38.0 Å². The number of nitrogens with zero attached hydrogens (tertiary/aromatic N) is 3. The van der Waals surface area contributed by atoms with Gasteiger partial charge in [-0.15, -0.1) is 35.1 Å². The van der Waals surface area contributed by atoms with Crippen LogP contribution in [0.4, 0.5) is 0 Å². The molecular formula is C16H23ClN4S2. The standard InChI is InChI=1S/C16H22N4S2.ClH/c1-2-15(21-9-1)16-18-13(12-22-16)10-19-6-3-14(11-19)20-7-4-17-5-8-20;/h1-2,9,12,14,17H,3-8,10-11H2;1H. The molecule has 2 aromatic heterocycles. The van der Waals surface area contributed by atoms with Crippen LogP contribution in [0.15, 0.2) is 22.9 Å². The van der Waals surface area contributed by atoms with Crippen molar-refractivity contribution in [1.82, 2.24) is 20.1 Å². The van der Waals surface area contributed by atoms with Crippen LogP contribution < -0.4 is 5.32 Å². The molecule has 1 N–H and O–H groups in total. The van der Waals surface area contributed by atoms with Gasteiger partial charge in [-0.05, 0) is 17.9 Å². The molecule has 126 valence electrons. The highest BCUT2D eigenvalue weighted by Crippen LogP contribution is 2.28. The molecule has 0 bridgehead atoms. The Morgan fingerprint density at radius 3 is 2.87 bits per heavy atom. The number of thiophene rings is 1. The lowest BCUT2D eigenvalue weighted by molar-refractivity contribution is 0.170. The molecule has 2 aliphatic heterocycles. The van der Waals surface area contributed by atoms with Crippen LogP contribution in [-0.2, 0) is 6.54 Å². The summed E-state index contributed by atoms with van der Waals surface area (Å²) in [5, 5.41) is 8.96. The van der Waals surface area contributed by atoms with Gasteiger partial charge in [0.05, 0.1) is 10.6 Å². The zero-order chi connectivity index (χ0) is 14.8. The van der Waals surface area contributed by atoms with Gasteiger partial charge < -0.3 is 5.32 Å². The van der Waals surface area contributed by atoms with Gasteiger partial charge in [0.2, 0.25) is 0 Å². The SMILES string of the molecule is Cl.c1csc(-c2nc(CN3CCC(N4CCNCC4)C3)cs2)c1. The normalized spacial score (nSPS) is 23.0. The van der Waals surface area contributed by atoms with E-state index in [1.54, 1.807) is 22.7 Å². The van der Waals surface area contributed by atoms with E-state index >= 15 is 0 Å². The topological polar surface area (TPSA) is 31.4 Å². The summed E-state index contributed by atoms with van der Waals surface area (Å²) in [6.07, 6.45) is 1.31. The molecule has 1 atom stereocenters. The summed E-state index contributed by atoms with van der Waals surface area (Å²) in [7, 11) is 0. The Morgan fingerprint density at radius 2 is 2.09 bits per heavy atom. The van der Waals surface area contributed by atoms with Crippen LogP contribution in [0.2, 0.25) is 0 Å². The number of rotatable bonds is 4. The van der Waals surface area contributed by atoms with Gasteiger partial charge >= 0.3 is 0 Å². The maximum atomic E-state index is 4.82. The molecule has 0 aromatic carbocycles. The summed E-state index contributed by atoms with van der Waals surface area (Å²) >= 11 is 3.55. The summed E-state index contributed by atoms with van der Waals surface area (Å²) in [6, 6.07) is 5.00. The third kappa shape index (κ3) is 4.13. The molecule has 2 aliphatic rings. The highest BCUT2D eigenvalue weighted by atomic mass is 35.5. The van der Waals surface area contributed by atoms with Crippen molar-refractivity contribution in [2.24, 2.45) is 0 Å². The van der Waals surface area contributed by atoms with Gasteiger partial charge in [-0.2, -0.15) is 0 Å². The number of nitrogens with one attached hydrogen (secondary N) is 1. The molecule has 2 fully saturated rings. The Morgan fingerprint density at radius 1 is 1.22 bits per heavy atom. The molecule has 0 amide bonds. The minimum Gasteiger partial charge on any atom is -0.314 e. The molecular weight excluding hydrogens is 348 g/mol. The average Bonchev–Trinajstić information content (AvgIpc) is 3.30. The van der Waals surface area contributed by atoms with Crippen molar-refractivity contribution < 1.29 is 0 Å². The van der Waals surface area contributed by atoms with Gasteiger partial charge in [0.1, 0.15) is 5.01 Å². The Hall–Kier alpha value is -0.500. The smallest absolute Gasteiger partial charge is 0.133 e. The highest BCUT2D eigenvalue weighted by Gasteiger charge is 2.28. The van der Waals surface area contributed by atoms with Crippen molar-refractivity contribution in [1.29, 1.82) is 0 Å². The first-order valence-electron chi connectivity index (χ1n) is 8.04. The summed E-state index contributed by atoms with van der Waals surface area (Å²) in [4.78, 5) is 11.3. The summed E-state index contributed by atoms with van der Waals surface area (Å²) in [5.41, 5.74) is 1.23. The largest absolute Gasteiger partial charge is 0.314 e. The first-order chi connectivity index (χ1) is 10.9. The third-order valence-electron chi connectivity index (χ3n) is 4.58. The van der Waals surface area contributed by atoms with E-state index in [9.17, 15) is 0 Å². The van der Waals surface area contributed by atoms with Crippen molar-refractivity contribution >= 4 is 35.1 Å². The highest BCUT2D eigenvalue weighted by molar-refractivity contribution is 7.20. The molecule has 23 heavy (non-hydrogen) atoms. The van der Waals surface area contributed by atoms with Crippen molar-refractivity contribution in [3.05, 3.63) is 28.6 Å². The van der Waals surface area contributed by atoms with E-state index in [4.69, 9.17) is 4.98 Å². The van der Waals surface area contributed by atoms with Crippen molar-refractivity contribution in [2.45, 2.75) is 19.0 Å². The van der Waals surface area contributed by atoms with Crippen molar-refractivity contribution in [2.75, 3.05) is 39.3 Å². The van der Waals surface area contributed by atoms with E-state index < -0.39 is 0 Å². The molecule has 1 unspecified atom stereocenters. The number of aromatic nitrogens is 1. The number of piperazine rings is 1. The van der Waals surface area contributed by atoms with Gasteiger partial charge in [-0.1, -0.05) is 6.07 Å². The summed E-state index contributed by atoms with van der Waals surface area (Å²) in [6.45, 7) is 8.12. The molecule has 4 heterocycles. The monoisotopic (exact) mass is 370 g/mol. The van der Waals surface area contributed by atoms with E-state index in [-0.39, 0.29) is 12.4 Å². The van der Waals surface area contributed by atoms with Crippen LogP contribution in [0.3, 0.4) is 0 Å². The molecule has 4 rings (SSSR count). The molecule has 7 heteroatoms. The predicted octanol–water partition coefficient (Wildman–Crippen LogP) is 2.77. The minimum atomic E-state index is 0. The maximum Gasteiger partial charge on any atom is 0.133 e. The molecule has 2 saturated heterocycles. The van der Waals surface area contributed by atoms with Gasteiger partial charge in [0.25, 0.3) is 0 Å². The van der Waals surface area contributed by atoms with E-state index in [1.807, 2.05) is 0 Å². The molecule has 0 saturated carbocycles. The van der Waals surface area contributed by atoms with Crippen molar-refractivity contribution in [3.8, 4) is 9.88 Å². The zero-order valence-corrected chi connectivity index (χ0v) is 15.6. The van der Waals surface area contributed by atoms with Crippen LogP contribution in [0.25, 0.3) is 9.88 Å². The average molecular weight is 371 g/mol. The fourth-order valence-electron chi connectivity index (χ4n) is 3.42. The van der Waals surface area contributed by atoms with Crippen LogP contribution in [-0.4, -0.2) is 60.1 Å². The zero-order valence-electron chi connectivity index (χ0n) is 13.1. The summed E-state index contributed by atoms with van der Waals surface area (Å²) < 4.78 is 0. The minimum absolute atomic E-state index is 0. The second kappa shape index (κ2) is 8.05.